The zero-order valence-electron chi connectivity index (χ0n) is 10.6. The highest BCUT2D eigenvalue weighted by Crippen LogP contribution is 2.21. The van der Waals surface area contributed by atoms with Crippen LogP contribution in [0.5, 0.6) is 5.75 Å². The number of hydrogen-bond donors (Lipinski definition) is 1. The second-order valence-electron chi connectivity index (χ2n) is 3.89. The molecule has 1 aromatic heterocycles. The van der Waals surface area contributed by atoms with Gasteiger partial charge in [0.2, 0.25) is 0 Å². The molecule has 0 saturated heterocycles. The van der Waals surface area contributed by atoms with Crippen LogP contribution in [0.25, 0.3) is 0 Å². The molecular formula is C13H17N3OS. The van der Waals surface area contributed by atoms with Crippen LogP contribution in [0.4, 0.5) is 0 Å². The Balaban J connectivity index is 1.95. The van der Waals surface area contributed by atoms with Gasteiger partial charge in [0.05, 0.1) is 6.04 Å². The van der Waals surface area contributed by atoms with E-state index in [4.69, 9.17) is 4.74 Å². The van der Waals surface area contributed by atoms with E-state index in [1.807, 2.05) is 37.4 Å². The molecule has 18 heavy (non-hydrogen) atoms. The molecule has 1 heterocycles. The Kier molecular flexibility index (Phi) is 4.66. The fourth-order valence-corrected chi connectivity index (χ4v) is 2.58. The molecule has 1 atom stereocenters. The van der Waals surface area contributed by atoms with Gasteiger partial charge in [-0.1, -0.05) is 36.5 Å². The predicted octanol–water partition coefficient (Wildman–Crippen LogP) is 2.79. The fourth-order valence-electron chi connectivity index (χ4n) is 1.63. The number of aromatic nitrogens is 2. The van der Waals surface area contributed by atoms with Gasteiger partial charge in [0, 0.05) is 0 Å². The van der Waals surface area contributed by atoms with Crippen molar-refractivity contribution in [2.45, 2.75) is 26.0 Å². The molecule has 0 aliphatic heterocycles. The number of nitrogens with zero attached hydrogens (tertiary/aromatic N) is 2. The SMILES string of the molecule is CCC(NC)c1nnc(COc2ccccc2)s1. The largest absolute Gasteiger partial charge is 0.486 e. The molecule has 2 aromatic rings. The number of para-hydroxylation sites is 1. The van der Waals surface area contributed by atoms with E-state index in [2.05, 4.69) is 22.4 Å². The van der Waals surface area contributed by atoms with Crippen molar-refractivity contribution in [1.82, 2.24) is 15.5 Å². The van der Waals surface area contributed by atoms with E-state index in [1.54, 1.807) is 11.3 Å². The maximum Gasteiger partial charge on any atom is 0.155 e. The predicted molar refractivity (Wildman–Crippen MR) is 72.8 cm³/mol. The highest BCUT2D eigenvalue weighted by Gasteiger charge is 2.13. The lowest BCUT2D eigenvalue weighted by molar-refractivity contribution is 0.304. The molecule has 0 radical (unpaired) electrons. The van der Waals surface area contributed by atoms with Gasteiger partial charge in [-0.2, -0.15) is 0 Å². The van der Waals surface area contributed by atoms with Gasteiger partial charge < -0.3 is 10.1 Å². The van der Waals surface area contributed by atoms with Crippen molar-refractivity contribution < 1.29 is 4.74 Å². The van der Waals surface area contributed by atoms with Crippen molar-refractivity contribution in [3.8, 4) is 5.75 Å². The standard InChI is InChI=1S/C13H17N3OS/c1-3-11(14-2)13-16-15-12(18-13)9-17-10-7-5-4-6-8-10/h4-8,11,14H,3,9H2,1-2H3. The number of rotatable bonds is 6. The molecule has 0 amide bonds. The van der Waals surface area contributed by atoms with Gasteiger partial charge in [-0.25, -0.2) is 0 Å². The van der Waals surface area contributed by atoms with Crippen LogP contribution < -0.4 is 10.1 Å². The molecule has 0 saturated carbocycles. The summed E-state index contributed by atoms with van der Waals surface area (Å²) in [5.41, 5.74) is 0. The number of benzene rings is 1. The molecule has 2 rings (SSSR count). The first-order valence-corrected chi connectivity index (χ1v) is 6.82. The van der Waals surface area contributed by atoms with Gasteiger partial charge in [0.15, 0.2) is 5.01 Å². The Morgan fingerprint density at radius 2 is 2.06 bits per heavy atom. The van der Waals surface area contributed by atoms with E-state index in [0.717, 1.165) is 22.2 Å². The smallest absolute Gasteiger partial charge is 0.155 e. The molecule has 0 aliphatic rings. The number of nitrogens with one attached hydrogen (secondary N) is 1. The van der Waals surface area contributed by atoms with Crippen molar-refractivity contribution >= 4 is 11.3 Å². The van der Waals surface area contributed by atoms with Crippen molar-refractivity contribution in [1.29, 1.82) is 0 Å². The van der Waals surface area contributed by atoms with E-state index in [0.29, 0.717) is 6.61 Å². The van der Waals surface area contributed by atoms with Crippen LogP contribution in [-0.4, -0.2) is 17.2 Å². The molecule has 1 unspecified atom stereocenters. The van der Waals surface area contributed by atoms with E-state index in [1.165, 1.54) is 0 Å². The summed E-state index contributed by atoms with van der Waals surface area (Å²) in [5, 5.41) is 13.5. The first kappa shape index (κ1) is 13.0. The van der Waals surface area contributed by atoms with Gasteiger partial charge >= 0.3 is 0 Å². The van der Waals surface area contributed by atoms with Crippen LogP contribution >= 0.6 is 11.3 Å². The molecule has 1 N–H and O–H groups in total. The van der Waals surface area contributed by atoms with Crippen LogP contribution in [0.15, 0.2) is 30.3 Å². The second-order valence-corrected chi connectivity index (χ2v) is 4.98. The summed E-state index contributed by atoms with van der Waals surface area (Å²) in [6, 6.07) is 10.0. The molecule has 4 nitrogen and oxygen atoms in total. The van der Waals surface area contributed by atoms with Crippen LogP contribution in [-0.2, 0) is 6.61 Å². The zero-order chi connectivity index (χ0) is 12.8. The molecule has 5 heteroatoms. The molecule has 0 bridgehead atoms. The van der Waals surface area contributed by atoms with Crippen LogP contribution in [0.2, 0.25) is 0 Å². The van der Waals surface area contributed by atoms with Crippen molar-refractivity contribution in [2.75, 3.05) is 7.05 Å². The third-order valence-electron chi connectivity index (χ3n) is 2.64. The Bertz CT molecular complexity index is 468. The minimum absolute atomic E-state index is 0.285. The Hall–Kier alpha value is -1.46. The summed E-state index contributed by atoms with van der Waals surface area (Å²) in [6.07, 6.45) is 1.00. The highest BCUT2D eigenvalue weighted by atomic mass is 32.1. The maximum atomic E-state index is 5.64. The molecule has 0 fully saturated rings. The summed E-state index contributed by atoms with van der Waals surface area (Å²) in [6.45, 7) is 2.60. The van der Waals surface area contributed by atoms with Crippen LogP contribution in [0, 0.1) is 0 Å². The van der Waals surface area contributed by atoms with Crippen LogP contribution in [0.1, 0.15) is 29.4 Å². The third kappa shape index (κ3) is 3.27. The maximum absolute atomic E-state index is 5.64. The van der Waals surface area contributed by atoms with E-state index < -0.39 is 0 Å². The van der Waals surface area contributed by atoms with E-state index >= 15 is 0 Å². The monoisotopic (exact) mass is 263 g/mol. The summed E-state index contributed by atoms with van der Waals surface area (Å²) in [7, 11) is 1.94. The lowest BCUT2D eigenvalue weighted by Gasteiger charge is -2.08. The van der Waals surface area contributed by atoms with Gasteiger partial charge in [0.1, 0.15) is 17.4 Å². The molecule has 96 valence electrons. The van der Waals surface area contributed by atoms with Gasteiger partial charge in [-0.3, -0.25) is 0 Å². The lowest BCUT2D eigenvalue weighted by Crippen LogP contribution is -2.14. The Morgan fingerprint density at radius 3 is 2.72 bits per heavy atom. The normalized spacial score (nSPS) is 12.3. The first-order chi connectivity index (χ1) is 8.83. The Morgan fingerprint density at radius 1 is 1.28 bits per heavy atom. The first-order valence-electron chi connectivity index (χ1n) is 6.01. The highest BCUT2D eigenvalue weighted by molar-refractivity contribution is 7.11. The van der Waals surface area contributed by atoms with E-state index in [-0.39, 0.29) is 6.04 Å². The fraction of sp³-hybridized carbons (Fsp3) is 0.385. The lowest BCUT2D eigenvalue weighted by atomic mass is 10.2. The summed E-state index contributed by atoms with van der Waals surface area (Å²) in [4.78, 5) is 0. The zero-order valence-corrected chi connectivity index (χ0v) is 11.4. The Labute approximate surface area is 111 Å². The summed E-state index contributed by atoms with van der Waals surface area (Å²) in [5.74, 6) is 0.856. The topological polar surface area (TPSA) is 47.0 Å². The minimum atomic E-state index is 0.285. The molecule has 1 aromatic carbocycles. The quantitative estimate of drug-likeness (QED) is 0.870. The number of ether oxygens (including phenoxy) is 1. The van der Waals surface area contributed by atoms with Gasteiger partial charge in [0.25, 0.3) is 0 Å². The average molecular weight is 263 g/mol. The molecular weight excluding hydrogens is 246 g/mol. The van der Waals surface area contributed by atoms with Gasteiger partial charge in [-0.15, -0.1) is 10.2 Å². The van der Waals surface area contributed by atoms with Crippen LogP contribution in [0.3, 0.4) is 0 Å². The van der Waals surface area contributed by atoms with E-state index in [9.17, 15) is 0 Å². The van der Waals surface area contributed by atoms with Crippen molar-refractivity contribution in [2.24, 2.45) is 0 Å². The van der Waals surface area contributed by atoms with Crippen molar-refractivity contribution in [3.05, 3.63) is 40.3 Å². The molecule has 0 spiro atoms. The average Bonchev–Trinajstić information content (AvgIpc) is 2.88. The molecule has 0 aliphatic carbocycles. The summed E-state index contributed by atoms with van der Waals surface area (Å²) >= 11 is 1.60. The number of hydrogen-bond acceptors (Lipinski definition) is 5. The summed E-state index contributed by atoms with van der Waals surface area (Å²) < 4.78 is 5.64. The minimum Gasteiger partial charge on any atom is -0.486 e. The second kappa shape index (κ2) is 6.47. The van der Waals surface area contributed by atoms with Crippen molar-refractivity contribution in [3.63, 3.8) is 0 Å². The third-order valence-corrected chi connectivity index (χ3v) is 3.65. The van der Waals surface area contributed by atoms with Gasteiger partial charge in [-0.05, 0) is 25.6 Å².